The maximum absolute atomic E-state index is 5.17. The SMILES string of the molecule is CC(C)(C)C(C=NN=C(N)N)=NN=C(N)N. The maximum Gasteiger partial charge on any atom is 0.211 e. The van der Waals surface area contributed by atoms with Gasteiger partial charge in [0.1, 0.15) is 0 Å². The molecular formula is C8H18N8. The van der Waals surface area contributed by atoms with Crippen molar-refractivity contribution in [1.82, 2.24) is 0 Å². The van der Waals surface area contributed by atoms with E-state index >= 15 is 0 Å². The summed E-state index contributed by atoms with van der Waals surface area (Å²) < 4.78 is 0. The minimum atomic E-state index is -0.276. The van der Waals surface area contributed by atoms with E-state index in [1.54, 1.807) is 0 Å². The molecule has 0 atom stereocenters. The zero-order chi connectivity index (χ0) is 12.8. The van der Waals surface area contributed by atoms with E-state index in [0.29, 0.717) is 5.71 Å². The van der Waals surface area contributed by atoms with Gasteiger partial charge in [0.2, 0.25) is 11.9 Å². The van der Waals surface area contributed by atoms with Gasteiger partial charge in [0, 0.05) is 5.41 Å². The van der Waals surface area contributed by atoms with Crippen molar-refractivity contribution < 1.29 is 0 Å². The molecule has 0 bridgehead atoms. The maximum atomic E-state index is 5.17. The fourth-order valence-corrected chi connectivity index (χ4v) is 0.631. The van der Waals surface area contributed by atoms with E-state index in [-0.39, 0.29) is 17.3 Å². The lowest BCUT2D eigenvalue weighted by Gasteiger charge is -2.16. The van der Waals surface area contributed by atoms with E-state index in [1.807, 2.05) is 20.8 Å². The molecule has 0 aromatic carbocycles. The van der Waals surface area contributed by atoms with Gasteiger partial charge in [-0.05, 0) is 0 Å². The van der Waals surface area contributed by atoms with Crippen LogP contribution >= 0.6 is 0 Å². The molecule has 8 nitrogen and oxygen atoms in total. The molecule has 0 saturated heterocycles. The first-order valence-corrected chi connectivity index (χ1v) is 4.52. The topological polar surface area (TPSA) is 154 Å². The second-order valence-electron chi connectivity index (χ2n) is 4.03. The van der Waals surface area contributed by atoms with Crippen molar-refractivity contribution in [3.05, 3.63) is 0 Å². The fraction of sp³-hybridized carbons (Fsp3) is 0.500. The molecule has 0 amide bonds. The predicted molar refractivity (Wildman–Crippen MR) is 67.0 cm³/mol. The lowest BCUT2D eigenvalue weighted by Crippen LogP contribution is -2.25. The molecule has 0 aromatic rings. The van der Waals surface area contributed by atoms with Crippen molar-refractivity contribution in [3.8, 4) is 0 Å². The van der Waals surface area contributed by atoms with Crippen LogP contribution in [-0.2, 0) is 0 Å². The molecular weight excluding hydrogens is 208 g/mol. The van der Waals surface area contributed by atoms with Gasteiger partial charge in [-0.3, -0.25) is 0 Å². The second kappa shape index (κ2) is 5.69. The van der Waals surface area contributed by atoms with Crippen LogP contribution in [0.2, 0.25) is 0 Å². The Morgan fingerprint density at radius 1 is 0.875 bits per heavy atom. The number of hydrogen-bond acceptors (Lipinski definition) is 4. The standard InChI is InChI=1S/C8H18N8/c1-8(2,3)5(14-16-7(11)12)4-13-15-6(9)10/h4H,1-3H3,(H4,9,10,15)(H4,11,12,16). The van der Waals surface area contributed by atoms with Gasteiger partial charge >= 0.3 is 0 Å². The average molecular weight is 226 g/mol. The highest BCUT2D eigenvalue weighted by atomic mass is 15.3. The Kier molecular flexibility index (Phi) is 4.93. The summed E-state index contributed by atoms with van der Waals surface area (Å²) in [7, 11) is 0. The predicted octanol–water partition coefficient (Wildman–Crippen LogP) is -1.08. The number of hydrogen-bond donors (Lipinski definition) is 4. The smallest absolute Gasteiger partial charge is 0.211 e. The van der Waals surface area contributed by atoms with Crippen molar-refractivity contribution in [2.45, 2.75) is 20.8 Å². The van der Waals surface area contributed by atoms with Crippen molar-refractivity contribution in [1.29, 1.82) is 0 Å². The van der Waals surface area contributed by atoms with E-state index in [0.717, 1.165) is 0 Å². The molecule has 0 rings (SSSR count). The lowest BCUT2D eigenvalue weighted by molar-refractivity contribution is 0.596. The highest BCUT2D eigenvalue weighted by molar-refractivity contribution is 6.32. The first-order valence-electron chi connectivity index (χ1n) is 4.52. The van der Waals surface area contributed by atoms with Crippen LogP contribution in [0.4, 0.5) is 0 Å². The number of nitrogens with two attached hydrogens (primary N) is 4. The van der Waals surface area contributed by atoms with Crippen LogP contribution in [0.3, 0.4) is 0 Å². The normalized spacial score (nSPS) is 12.6. The van der Waals surface area contributed by atoms with Crippen LogP contribution < -0.4 is 22.9 Å². The summed E-state index contributed by atoms with van der Waals surface area (Å²) in [6, 6.07) is 0. The molecule has 0 saturated carbocycles. The third kappa shape index (κ3) is 6.35. The van der Waals surface area contributed by atoms with Gasteiger partial charge in [0.25, 0.3) is 0 Å². The molecule has 0 aliphatic rings. The summed E-state index contributed by atoms with van der Waals surface area (Å²) in [6.07, 6.45) is 1.40. The highest BCUT2D eigenvalue weighted by Crippen LogP contribution is 2.15. The summed E-state index contributed by atoms with van der Waals surface area (Å²) in [4.78, 5) is 0. The van der Waals surface area contributed by atoms with E-state index in [9.17, 15) is 0 Å². The van der Waals surface area contributed by atoms with Crippen LogP contribution in [0.1, 0.15) is 20.8 Å². The van der Waals surface area contributed by atoms with Crippen LogP contribution in [-0.4, -0.2) is 23.8 Å². The molecule has 0 heterocycles. The van der Waals surface area contributed by atoms with E-state index in [2.05, 4.69) is 20.4 Å². The quantitative estimate of drug-likeness (QED) is 0.274. The molecule has 0 radical (unpaired) electrons. The Bertz CT molecular complexity index is 336. The van der Waals surface area contributed by atoms with Gasteiger partial charge in [-0.15, -0.1) is 15.3 Å². The Labute approximate surface area is 94.2 Å². The lowest BCUT2D eigenvalue weighted by atomic mass is 9.91. The van der Waals surface area contributed by atoms with E-state index in [4.69, 9.17) is 22.9 Å². The molecule has 0 aromatic heterocycles. The largest absolute Gasteiger partial charge is 0.369 e. The molecule has 0 spiro atoms. The van der Waals surface area contributed by atoms with E-state index < -0.39 is 0 Å². The molecule has 0 unspecified atom stereocenters. The average Bonchev–Trinajstić information content (AvgIpc) is 2.07. The van der Waals surface area contributed by atoms with Crippen molar-refractivity contribution >= 4 is 23.8 Å². The molecule has 0 aliphatic carbocycles. The second-order valence-corrected chi connectivity index (χ2v) is 4.03. The third-order valence-corrected chi connectivity index (χ3v) is 1.39. The van der Waals surface area contributed by atoms with Crippen LogP contribution in [0.25, 0.3) is 0 Å². The molecule has 0 fully saturated rings. The minimum Gasteiger partial charge on any atom is -0.369 e. The van der Waals surface area contributed by atoms with Crippen LogP contribution in [0, 0.1) is 5.41 Å². The molecule has 0 aliphatic heterocycles. The number of guanidine groups is 2. The summed E-state index contributed by atoms with van der Waals surface area (Å²) in [5.41, 5.74) is 20.8. The minimum absolute atomic E-state index is 0.128. The monoisotopic (exact) mass is 226 g/mol. The Balaban J connectivity index is 4.99. The highest BCUT2D eigenvalue weighted by Gasteiger charge is 2.17. The number of nitrogens with zero attached hydrogens (tertiary/aromatic N) is 4. The van der Waals surface area contributed by atoms with Crippen molar-refractivity contribution in [2.24, 2.45) is 48.8 Å². The van der Waals surface area contributed by atoms with Gasteiger partial charge in [-0.1, -0.05) is 20.8 Å². The van der Waals surface area contributed by atoms with Crippen molar-refractivity contribution in [3.63, 3.8) is 0 Å². The van der Waals surface area contributed by atoms with Gasteiger partial charge in [-0.2, -0.15) is 5.10 Å². The zero-order valence-corrected chi connectivity index (χ0v) is 9.68. The first-order chi connectivity index (χ1) is 7.23. The fourth-order valence-electron chi connectivity index (χ4n) is 0.631. The van der Waals surface area contributed by atoms with Gasteiger partial charge < -0.3 is 22.9 Å². The Morgan fingerprint density at radius 3 is 1.75 bits per heavy atom. The summed E-state index contributed by atoms with van der Waals surface area (Å²) in [5.74, 6) is -0.261. The molecule has 90 valence electrons. The molecule has 16 heavy (non-hydrogen) atoms. The molecule has 8 N–H and O–H groups in total. The Hall–Kier alpha value is -2.12. The number of rotatable bonds is 3. The van der Waals surface area contributed by atoms with Crippen molar-refractivity contribution in [2.75, 3.05) is 0 Å². The van der Waals surface area contributed by atoms with Gasteiger partial charge in [0.15, 0.2) is 0 Å². The van der Waals surface area contributed by atoms with Crippen LogP contribution in [0.15, 0.2) is 20.4 Å². The Morgan fingerprint density at radius 2 is 1.38 bits per heavy atom. The van der Waals surface area contributed by atoms with Gasteiger partial charge in [0.05, 0.1) is 11.9 Å². The van der Waals surface area contributed by atoms with E-state index in [1.165, 1.54) is 6.21 Å². The summed E-state index contributed by atoms with van der Waals surface area (Å²) in [6.45, 7) is 5.78. The van der Waals surface area contributed by atoms with Crippen LogP contribution in [0.5, 0.6) is 0 Å². The summed E-state index contributed by atoms with van der Waals surface area (Å²) in [5, 5.41) is 14.5. The van der Waals surface area contributed by atoms with Gasteiger partial charge in [-0.25, -0.2) is 0 Å². The zero-order valence-electron chi connectivity index (χ0n) is 9.68. The third-order valence-electron chi connectivity index (χ3n) is 1.39. The first kappa shape index (κ1) is 13.9. The molecule has 8 heteroatoms. The summed E-state index contributed by atoms with van der Waals surface area (Å²) >= 11 is 0.